The van der Waals surface area contributed by atoms with Crippen LogP contribution in [0.2, 0.25) is 0 Å². The minimum absolute atomic E-state index is 1.06. The molecule has 42 heavy (non-hydrogen) atoms. The van der Waals surface area contributed by atoms with Crippen molar-refractivity contribution in [3.05, 3.63) is 164 Å². The first-order valence-corrected chi connectivity index (χ1v) is 14.4. The zero-order valence-electron chi connectivity index (χ0n) is 23.0. The standard InChI is InChI=1S/C40H28N2/c1-2-12-34(13-3-1)42-39-17-9-7-15-36(39)37-27-32(22-25-40(37)42)35-14-6-8-16-38(35)41-33-23-20-29(21-24-33)31-19-18-28-10-4-5-11-30(28)26-31/h1-27,41H. The van der Waals surface area contributed by atoms with E-state index in [2.05, 4.69) is 174 Å². The van der Waals surface area contributed by atoms with E-state index in [4.69, 9.17) is 0 Å². The summed E-state index contributed by atoms with van der Waals surface area (Å²) in [5, 5.41) is 8.72. The predicted octanol–water partition coefficient (Wildman–Crippen LogP) is 11.0. The van der Waals surface area contributed by atoms with E-state index in [0.29, 0.717) is 0 Å². The van der Waals surface area contributed by atoms with Crippen LogP contribution in [0.1, 0.15) is 0 Å². The maximum Gasteiger partial charge on any atom is 0.0541 e. The maximum absolute atomic E-state index is 3.69. The molecule has 2 nitrogen and oxygen atoms in total. The highest BCUT2D eigenvalue weighted by atomic mass is 15.0. The third-order valence-electron chi connectivity index (χ3n) is 8.17. The van der Waals surface area contributed by atoms with Crippen LogP contribution in [0.25, 0.3) is 60.5 Å². The van der Waals surface area contributed by atoms with Gasteiger partial charge in [0, 0.05) is 33.4 Å². The summed E-state index contributed by atoms with van der Waals surface area (Å²) in [7, 11) is 0. The van der Waals surface area contributed by atoms with Gasteiger partial charge in [-0.3, -0.25) is 0 Å². The number of para-hydroxylation sites is 3. The van der Waals surface area contributed by atoms with Crippen molar-refractivity contribution in [2.75, 3.05) is 5.32 Å². The molecule has 0 fully saturated rings. The number of aromatic nitrogens is 1. The number of hydrogen-bond donors (Lipinski definition) is 1. The highest BCUT2D eigenvalue weighted by Gasteiger charge is 2.14. The average Bonchev–Trinajstić information content (AvgIpc) is 3.39. The second-order valence-electron chi connectivity index (χ2n) is 10.7. The summed E-state index contributed by atoms with van der Waals surface area (Å²) in [6, 6.07) is 58.5. The van der Waals surface area contributed by atoms with Gasteiger partial charge in [-0.2, -0.15) is 0 Å². The SMILES string of the molecule is c1ccc(-n2c3ccccc3c3cc(-c4ccccc4Nc4ccc(-c5ccc6ccccc6c5)cc4)ccc32)cc1. The van der Waals surface area contributed by atoms with Crippen LogP contribution in [0.15, 0.2) is 164 Å². The molecule has 0 saturated heterocycles. The van der Waals surface area contributed by atoms with Crippen LogP contribution >= 0.6 is 0 Å². The normalized spacial score (nSPS) is 11.3. The van der Waals surface area contributed by atoms with E-state index in [9.17, 15) is 0 Å². The molecular formula is C40H28N2. The first kappa shape index (κ1) is 24.2. The molecule has 7 aromatic carbocycles. The molecule has 0 atom stereocenters. The van der Waals surface area contributed by atoms with Crippen molar-refractivity contribution in [3.8, 4) is 27.9 Å². The lowest BCUT2D eigenvalue weighted by Gasteiger charge is -2.14. The van der Waals surface area contributed by atoms with E-state index in [1.54, 1.807) is 0 Å². The Balaban J connectivity index is 1.15. The minimum atomic E-state index is 1.06. The maximum atomic E-state index is 3.69. The topological polar surface area (TPSA) is 17.0 Å². The first-order chi connectivity index (χ1) is 20.8. The third kappa shape index (κ3) is 4.22. The molecular weight excluding hydrogens is 508 g/mol. The van der Waals surface area contributed by atoms with Crippen molar-refractivity contribution >= 4 is 44.0 Å². The van der Waals surface area contributed by atoms with Crippen LogP contribution in [0.3, 0.4) is 0 Å². The Bertz CT molecular complexity index is 2210. The quantitative estimate of drug-likeness (QED) is 0.231. The number of hydrogen-bond acceptors (Lipinski definition) is 1. The average molecular weight is 537 g/mol. The van der Waals surface area contributed by atoms with Gasteiger partial charge in [0.1, 0.15) is 0 Å². The van der Waals surface area contributed by atoms with E-state index in [1.165, 1.54) is 60.5 Å². The number of fused-ring (bicyclic) bond motifs is 4. The van der Waals surface area contributed by atoms with E-state index in [0.717, 1.165) is 11.4 Å². The molecule has 8 aromatic rings. The summed E-state index contributed by atoms with van der Waals surface area (Å²) in [4.78, 5) is 0. The highest BCUT2D eigenvalue weighted by Crippen LogP contribution is 2.37. The predicted molar refractivity (Wildman–Crippen MR) is 179 cm³/mol. The fourth-order valence-corrected chi connectivity index (χ4v) is 6.11. The monoisotopic (exact) mass is 536 g/mol. The zero-order valence-corrected chi connectivity index (χ0v) is 23.0. The molecule has 1 heterocycles. The molecule has 0 bridgehead atoms. The van der Waals surface area contributed by atoms with Gasteiger partial charge in [0.2, 0.25) is 0 Å². The van der Waals surface area contributed by atoms with E-state index < -0.39 is 0 Å². The summed E-state index contributed by atoms with van der Waals surface area (Å²) in [5.41, 5.74) is 10.5. The molecule has 0 unspecified atom stereocenters. The summed E-state index contributed by atoms with van der Waals surface area (Å²) >= 11 is 0. The number of nitrogens with zero attached hydrogens (tertiary/aromatic N) is 1. The number of rotatable bonds is 5. The molecule has 0 aliphatic carbocycles. The Hall–Kier alpha value is -5.60. The first-order valence-electron chi connectivity index (χ1n) is 14.4. The minimum Gasteiger partial charge on any atom is -0.355 e. The smallest absolute Gasteiger partial charge is 0.0541 e. The van der Waals surface area contributed by atoms with Crippen LogP contribution in [0, 0.1) is 0 Å². The molecule has 0 spiro atoms. The van der Waals surface area contributed by atoms with Gasteiger partial charge in [-0.15, -0.1) is 0 Å². The molecule has 0 aliphatic heterocycles. The second-order valence-corrected chi connectivity index (χ2v) is 10.7. The second kappa shape index (κ2) is 10.1. The molecule has 198 valence electrons. The zero-order chi connectivity index (χ0) is 27.9. The van der Waals surface area contributed by atoms with E-state index >= 15 is 0 Å². The molecule has 8 rings (SSSR count). The Kier molecular flexibility index (Phi) is 5.82. The van der Waals surface area contributed by atoms with Gasteiger partial charge in [0.05, 0.1) is 11.0 Å². The number of benzene rings is 7. The Labute approximate surface area is 245 Å². The number of nitrogens with one attached hydrogen (secondary N) is 1. The summed E-state index contributed by atoms with van der Waals surface area (Å²) < 4.78 is 2.36. The van der Waals surface area contributed by atoms with Crippen molar-refractivity contribution in [1.82, 2.24) is 4.57 Å². The van der Waals surface area contributed by atoms with Crippen LogP contribution in [0.5, 0.6) is 0 Å². The van der Waals surface area contributed by atoms with Crippen molar-refractivity contribution in [1.29, 1.82) is 0 Å². The summed E-state index contributed by atoms with van der Waals surface area (Å²) in [6.45, 7) is 0. The Morgan fingerprint density at radius 3 is 1.95 bits per heavy atom. The third-order valence-corrected chi connectivity index (χ3v) is 8.17. The van der Waals surface area contributed by atoms with Crippen LogP contribution in [0.4, 0.5) is 11.4 Å². The fraction of sp³-hybridized carbons (Fsp3) is 0. The van der Waals surface area contributed by atoms with Gasteiger partial charge in [-0.05, 0) is 82.1 Å². The van der Waals surface area contributed by atoms with Gasteiger partial charge in [0.15, 0.2) is 0 Å². The molecule has 0 saturated carbocycles. The largest absolute Gasteiger partial charge is 0.355 e. The van der Waals surface area contributed by atoms with Gasteiger partial charge in [-0.25, -0.2) is 0 Å². The molecule has 0 radical (unpaired) electrons. The van der Waals surface area contributed by atoms with E-state index in [1.807, 2.05) is 0 Å². The van der Waals surface area contributed by atoms with Crippen molar-refractivity contribution < 1.29 is 0 Å². The summed E-state index contributed by atoms with van der Waals surface area (Å²) in [6.07, 6.45) is 0. The molecule has 0 amide bonds. The van der Waals surface area contributed by atoms with Gasteiger partial charge >= 0.3 is 0 Å². The van der Waals surface area contributed by atoms with Crippen molar-refractivity contribution in [2.45, 2.75) is 0 Å². The molecule has 1 N–H and O–H groups in total. The van der Waals surface area contributed by atoms with Crippen molar-refractivity contribution in [3.63, 3.8) is 0 Å². The van der Waals surface area contributed by atoms with Gasteiger partial charge in [-0.1, -0.05) is 109 Å². The lowest BCUT2D eigenvalue weighted by molar-refractivity contribution is 1.18. The van der Waals surface area contributed by atoms with Gasteiger partial charge in [0.25, 0.3) is 0 Å². The lowest BCUT2D eigenvalue weighted by atomic mass is 10.00. The van der Waals surface area contributed by atoms with Gasteiger partial charge < -0.3 is 9.88 Å². The molecule has 0 aliphatic rings. The van der Waals surface area contributed by atoms with Crippen molar-refractivity contribution in [2.24, 2.45) is 0 Å². The Morgan fingerprint density at radius 2 is 1.07 bits per heavy atom. The van der Waals surface area contributed by atoms with E-state index in [-0.39, 0.29) is 0 Å². The Morgan fingerprint density at radius 1 is 0.405 bits per heavy atom. The van der Waals surface area contributed by atoms with Crippen LogP contribution in [-0.2, 0) is 0 Å². The molecule has 1 aromatic heterocycles. The van der Waals surface area contributed by atoms with Crippen LogP contribution < -0.4 is 5.32 Å². The van der Waals surface area contributed by atoms with Crippen LogP contribution in [-0.4, -0.2) is 4.57 Å². The molecule has 2 heteroatoms. The fourth-order valence-electron chi connectivity index (χ4n) is 6.11. The lowest BCUT2D eigenvalue weighted by Crippen LogP contribution is -1.94. The summed E-state index contributed by atoms with van der Waals surface area (Å²) in [5.74, 6) is 0. The number of anilines is 2. The highest BCUT2D eigenvalue weighted by molar-refractivity contribution is 6.10.